The predicted molar refractivity (Wildman–Crippen MR) is 172 cm³/mol. The third kappa shape index (κ3) is 5.43. The Kier molecular flexibility index (Phi) is 7.75. The molecule has 2 atom stereocenters. The molecule has 2 saturated heterocycles. The number of carbonyl (C=O) groups is 2. The van der Waals surface area contributed by atoms with Crippen LogP contribution in [0.15, 0.2) is 78.9 Å². The third-order valence-electron chi connectivity index (χ3n) is 10.9. The summed E-state index contributed by atoms with van der Waals surface area (Å²) in [7, 11) is 0. The lowest BCUT2D eigenvalue weighted by atomic mass is 9.66. The van der Waals surface area contributed by atoms with Crippen molar-refractivity contribution in [2.45, 2.75) is 94.3 Å². The van der Waals surface area contributed by atoms with Crippen LogP contribution in [-0.2, 0) is 5.41 Å². The molecule has 0 radical (unpaired) electrons. The molecule has 44 heavy (non-hydrogen) atoms. The van der Waals surface area contributed by atoms with Crippen LogP contribution in [0.1, 0.15) is 95.9 Å². The number of fused-ring (bicyclic) bond motifs is 3. The molecule has 4 aromatic rings. The SMILES string of the molecule is Cc1nc2ccccc2n1C1CC2CCC(C1)N2CCC1(c2ccccc2)CCC(NC(=O)c2cccc(C(=O)O)c2)CC1. The van der Waals surface area contributed by atoms with Gasteiger partial charge in [0, 0.05) is 29.7 Å². The van der Waals surface area contributed by atoms with Gasteiger partial charge in [-0.3, -0.25) is 9.69 Å². The number of aryl methyl sites for hydroxylation is 1. The number of benzene rings is 3. The lowest BCUT2D eigenvalue weighted by Crippen LogP contribution is -2.47. The second kappa shape index (κ2) is 11.8. The minimum atomic E-state index is -1.02. The number of para-hydroxylation sites is 2. The maximum Gasteiger partial charge on any atom is 0.335 e. The molecule has 2 unspecified atom stereocenters. The zero-order valence-electron chi connectivity index (χ0n) is 25.5. The van der Waals surface area contributed by atoms with E-state index in [0.29, 0.717) is 23.7 Å². The van der Waals surface area contributed by atoms with Crippen LogP contribution in [0, 0.1) is 6.92 Å². The molecule has 2 bridgehead atoms. The normalized spacial score (nSPS) is 26.9. The summed E-state index contributed by atoms with van der Waals surface area (Å²) in [5.41, 5.74) is 4.42. The van der Waals surface area contributed by atoms with E-state index >= 15 is 0 Å². The van der Waals surface area contributed by atoms with Gasteiger partial charge in [0.05, 0.1) is 16.6 Å². The maximum absolute atomic E-state index is 13.0. The summed E-state index contributed by atoms with van der Waals surface area (Å²) in [6.07, 6.45) is 9.96. The molecule has 1 saturated carbocycles. The van der Waals surface area contributed by atoms with Crippen molar-refractivity contribution in [3.05, 3.63) is 101 Å². The molecule has 7 nitrogen and oxygen atoms in total. The van der Waals surface area contributed by atoms with E-state index in [9.17, 15) is 14.7 Å². The lowest BCUT2D eigenvalue weighted by molar-refractivity contribution is 0.0696. The molecule has 3 fully saturated rings. The minimum absolute atomic E-state index is 0.0907. The van der Waals surface area contributed by atoms with Crippen molar-refractivity contribution >= 4 is 22.9 Å². The summed E-state index contributed by atoms with van der Waals surface area (Å²) in [6.45, 7) is 3.27. The number of nitrogens with one attached hydrogen (secondary N) is 1. The van der Waals surface area contributed by atoms with Crippen molar-refractivity contribution in [2.24, 2.45) is 0 Å². The number of amides is 1. The van der Waals surface area contributed by atoms with Gasteiger partial charge in [-0.15, -0.1) is 0 Å². The summed E-state index contributed by atoms with van der Waals surface area (Å²) in [4.78, 5) is 32.1. The Labute approximate surface area is 259 Å². The van der Waals surface area contributed by atoms with E-state index in [1.807, 2.05) is 0 Å². The number of carboxylic acid groups (broad SMARTS) is 1. The van der Waals surface area contributed by atoms with Crippen molar-refractivity contribution < 1.29 is 14.7 Å². The molecule has 2 N–H and O–H groups in total. The van der Waals surface area contributed by atoms with Crippen molar-refractivity contribution in [1.82, 2.24) is 19.8 Å². The van der Waals surface area contributed by atoms with E-state index in [2.05, 4.69) is 76.3 Å². The van der Waals surface area contributed by atoms with Gasteiger partial charge in [-0.2, -0.15) is 0 Å². The van der Waals surface area contributed by atoms with Crippen molar-refractivity contribution in [3.63, 3.8) is 0 Å². The van der Waals surface area contributed by atoms with Gasteiger partial charge >= 0.3 is 5.97 Å². The van der Waals surface area contributed by atoms with Gasteiger partial charge in [0.15, 0.2) is 0 Å². The first-order valence-electron chi connectivity index (χ1n) is 16.3. The highest BCUT2D eigenvalue weighted by Crippen LogP contribution is 2.46. The number of imidazole rings is 1. The molecule has 3 aromatic carbocycles. The molecular weight excluding hydrogens is 548 g/mol. The van der Waals surface area contributed by atoms with E-state index < -0.39 is 5.97 Å². The van der Waals surface area contributed by atoms with Crippen molar-refractivity contribution in [1.29, 1.82) is 0 Å². The molecule has 1 aliphatic carbocycles. The largest absolute Gasteiger partial charge is 0.478 e. The fourth-order valence-electron chi connectivity index (χ4n) is 8.64. The second-order valence-electron chi connectivity index (χ2n) is 13.3. The molecule has 0 spiro atoms. The molecule has 2 aliphatic heterocycles. The van der Waals surface area contributed by atoms with E-state index in [0.717, 1.165) is 50.0 Å². The average Bonchev–Trinajstić information content (AvgIpc) is 3.51. The van der Waals surface area contributed by atoms with Crippen LogP contribution in [-0.4, -0.2) is 56.1 Å². The van der Waals surface area contributed by atoms with Gasteiger partial charge in [0.25, 0.3) is 5.91 Å². The minimum Gasteiger partial charge on any atom is -0.478 e. The molecular formula is C37H42N4O3. The number of rotatable bonds is 8. The summed E-state index contributed by atoms with van der Waals surface area (Å²) >= 11 is 0. The van der Waals surface area contributed by atoms with Crippen LogP contribution in [0.5, 0.6) is 0 Å². The Morgan fingerprint density at radius 3 is 2.27 bits per heavy atom. The Balaban J connectivity index is 1.03. The topological polar surface area (TPSA) is 87.5 Å². The summed E-state index contributed by atoms with van der Waals surface area (Å²) in [6, 6.07) is 27.7. The number of hydrogen-bond donors (Lipinski definition) is 2. The lowest BCUT2D eigenvalue weighted by Gasteiger charge is -2.45. The number of aromatic nitrogens is 2. The third-order valence-corrected chi connectivity index (χ3v) is 10.9. The molecule has 1 amide bonds. The number of hydrogen-bond acceptors (Lipinski definition) is 4. The molecule has 3 heterocycles. The van der Waals surface area contributed by atoms with Crippen LogP contribution >= 0.6 is 0 Å². The van der Waals surface area contributed by atoms with Crippen LogP contribution < -0.4 is 5.32 Å². The average molecular weight is 591 g/mol. The summed E-state index contributed by atoms with van der Waals surface area (Å²) in [5, 5.41) is 12.5. The Hall–Kier alpha value is -3.97. The summed E-state index contributed by atoms with van der Waals surface area (Å²) < 4.78 is 2.51. The fourth-order valence-corrected chi connectivity index (χ4v) is 8.64. The summed E-state index contributed by atoms with van der Waals surface area (Å²) in [5.74, 6) is -0.0795. The zero-order chi connectivity index (χ0) is 30.3. The highest BCUT2D eigenvalue weighted by Gasteiger charge is 2.44. The maximum atomic E-state index is 13.0. The Bertz CT molecular complexity index is 1640. The van der Waals surface area contributed by atoms with Crippen LogP contribution in [0.25, 0.3) is 11.0 Å². The van der Waals surface area contributed by atoms with Crippen LogP contribution in [0.3, 0.4) is 0 Å². The molecule has 7 heteroatoms. The number of carboxylic acids is 1. The van der Waals surface area contributed by atoms with Crippen molar-refractivity contribution in [3.8, 4) is 0 Å². The van der Waals surface area contributed by atoms with E-state index in [1.54, 1.807) is 12.1 Å². The van der Waals surface area contributed by atoms with E-state index in [-0.39, 0.29) is 22.9 Å². The molecule has 3 aliphatic rings. The first kappa shape index (κ1) is 28.8. The number of nitrogens with zero attached hydrogens (tertiary/aromatic N) is 3. The number of carbonyl (C=O) groups excluding carboxylic acids is 1. The first-order valence-corrected chi connectivity index (χ1v) is 16.3. The Morgan fingerprint density at radius 1 is 0.864 bits per heavy atom. The first-order chi connectivity index (χ1) is 21.4. The van der Waals surface area contributed by atoms with Gasteiger partial charge < -0.3 is 15.0 Å². The highest BCUT2D eigenvalue weighted by molar-refractivity contribution is 5.97. The van der Waals surface area contributed by atoms with Gasteiger partial charge in [-0.05, 0) is 113 Å². The molecule has 7 rings (SSSR count). The smallest absolute Gasteiger partial charge is 0.335 e. The zero-order valence-corrected chi connectivity index (χ0v) is 25.5. The standard InChI is InChI=1S/C37H42N4O3/c1-25-38-33-12-5-6-13-34(33)41(25)32-23-30-14-15-31(24-32)40(30)21-20-37(28-10-3-2-4-11-28)18-16-29(17-19-37)39-35(42)26-8-7-9-27(22-26)36(43)44/h2-13,22,29-32H,14-21,23-24H2,1H3,(H,39,42)(H,43,44). The fraction of sp³-hybridized carbons (Fsp3) is 0.432. The quantitative estimate of drug-likeness (QED) is 0.233. The molecule has 1 aromatic heterocycles. The van der Waals surface area contributed by atoms with Crippen molar-refractivity contribution in [2.75, 3.05) is 6.54 Å². The second-order valence-corrected chi connectivity index (χ2v) is 13.3. The van der Waals surface area contributed by atoms with Gasteiger partial charge in [0.2, 0.25) is 0 Å². The predicted octanol–water partition coefficient (Wildman–Crippen LogP) is 6.91. The molecule has 228 valence electrons. The highest BCUT2D eigenvalue weighted by atomic mass is 16.4. The number of aromatic carboxylic acids is 1. The van der Waals surface area contributed by atoms with Crippen LogP contribution in [0.4, 0.5) is 0 Å². The monoisotopic (exact) mass is 590 g/mol. The van der Waals surface area contributed by atoms with Gasteiger partial charge in [-0.25, -0.2) is 9.78 Å². The van der Waals surface area contributed by atoms with E-state index in [1.165, 1.54) is 48.9 Å². The van der Waals surface area contributed by atoms with Crippen LogP contribution in [0.2, 0.25) is 0 Å². The van der Waals surface area contributed by atoms with Gasteiger partial charge in [-0.1, -0.05) is 48.5 Å². The Morgan fingerprint density at radius 2 is 1.55 bits per heavy atom. The number of piperidine rings is 1. The van der Waals surface area contributed by atoms with E-state index in [4.69, 9.17) is 4.98 Å². The van der Waals surface area contributed by atoms with Gasteiger partial charge in [0.1, 0.15) is 5.82 Å².